The van der Waals surface area contributed by atoms with Crippen molar-refractivity contribution in [3.63, 3.8) is 0 Å². The average molecular weight is 499 g/mol. The number of fused-ring (bicyclic) bond motifs is 1. The van der Waals surface area contributed by atoms with Crippen LogP contribution in [0.1, 0.15) is 41.4 Å². The van der Waals surface area contributed by atoms with Crippen LogP contribution in [-0.2, 0) is 13.0 Å². The van der Waals surface area contributed by atoms with Crippen molar-refractivity contribution in [3.8, 4) is 11.6 Å². The summed E-state index contributed by atoms with van der Waals surface area (Å²) in [4.78, 5) is 26.4. The third kappa shape index (κ3) is 4.93. The maximum Gasteiger partial charge on any atom is 0.255 e. The van der Waals surface area contributed by atoms with Gasteiger partial charge in [0.2, 0.25) is 11.8 Å². The van der Waals surface area contributed by atoms with Crippen LogP contribution in [0, 0.1) is 17.6 Å². The minimum absolute atomic E-state index is 0.139. The summed E-state index contributed by atoms with van der Waals surface area (Å²) < 4.78 is 33.8. The second-order valence-electron chi connectivity index (χ2n) is 9.06. The minimum atomic E-state index is -0.828. The van der Waals surface area contributed by atoms with E-state index in [9.17, 15) is 13.6 Å². The van der Waals surface area contributed by atoms with E-state index < -0.39 is 11.6 Å². The minimum Gasteiger partial charge on any atom is -0.435 e. The Bertz CT molecular complexity index is 1260. The Kier molecular flexibility index (Phi) is 6.56. The number of anilines is 1. The second kappa shape index (κ2) is 9.77. The predicted octanol–water partition coefficient (Wildman–Crippen LogP) is 5.64. The molecule has 0 N–H and O–H groups in total. The molecule has 1 amide bonds. The van der Waals surface area contributed by atoms with Gasteiger partial charge in [0, 0.05) is 32.1 Å². The second-order valence-corrected chi connectivity index (χ2v) is 9.46. The molecule has 6 nitrogen and oxygen atoms in total. The van der Waals surface area contributed by atoms with Crippen LogP contribution in [0.25, 0.3) is 0 Å². The number of rotatable bonds is 4. The molecule has 1 fully saturated rings. The molecule has 0 radical (unpaired) electrons. The molecule has 1 aromatic heterocycles. The lowest BCUT2D eigenvalue weighted by atomic mass is 9.99. The third-order valence-electron chi connectivity index (χ3n) is 6.57. The fraction of sp³-hybridized carbons (Fsp3) is 0.346. The number of hydrogen-bond donors (Lipinski definition) is 0. The molecule has 2 aromatic carbocycles. The van der Waals surface area contributed by atoms with E-state index in [1.807, 2.05) is 0 Å². The predicted molar refractivity (Wildman–Crippen MR) is 129 cm³/mol. The maximum atomic E-state index is 14.4. The van der Waals surface area contributed by atoms with Crippen molar-refractivity contribution in [3.05, 3.63) is 75.9 Å². The summed E-state index contributed by atoms with van der Waals surface area (Å²) in [6.45, 7) is 4.51. The van der Waals surface area contributed by atoms with E-state index in [1.54, 1.807) is 29.2 Å². The molecule has 182 valence electrons. The quantitative estimate of drug-likeness (QED) is 0.466. The molecule has 2 aliphatic heterocycles. The first-order chi connectivity index (χ1) is 16.9. The number of carbonyl (C=O) groups is 1. The van der Waals surface area contributed by atoms with E-state index >= 15 is 0 Å². The lowest BCUT2D eigenvalue weighted by Crippen LogP contribution is -2.38. The van der Waals surface area contributed by atoms with E-state index in [2.05, 4.69) is 16.8 Å². The first-order valence-corrected chi connectivity index (χ1v) is 12.1. The lowest BCUT2D eigenvalue weighted by molar-refractivity contribution is 0.0732. The maximum absolute atomic E-state index is 14.4. The molecule has 3 aromatic rings. The summed E-state index contributed by atoms with van der Waals surface area (Å²) in [6.07, 6.45) is 2.56. The van der Waals surface area contributed by atoms with E-state index in [4.69, 9.17) is 21.3 Å². The number of carbonyl (C=O) groups excluding carboxylic acids is 1. The molecule has 3 heterocycles. The molecular weight excluding hydrogens is 474 g/mol. The van der Waals surface area contributed by atoms with E-state index in [-0.39, 0.29) is 24.1 Å². The molecule has 0 saturated carbocycles. The number of ether oxygens (including phenoxy) is 1. The number of benzene rings is 2. The number of halogens is 3. The monoisotopic (exact) mass is 498 g/mol. The van der Waals surface area contributed by atoms with Crippen LogP contribution in [0.15, 0.2) is 42.5 Å². The molecule has 0 aliphatic carbocycles. The summed E-state index contributed by atoms with van der Waals surface area (Å²) in [5.74, 6) is -0.541. The van der Waals surface area contributed by atoms with Crippen molar-refractivity contribution in [1.82, 2.24) is 14.9 Å². The highest BCUT2D eigenvalue weighted by molar-refractivity contribution is 6.33. The Labute approximate surface area is 207 Å². The average Bonchev–Trinajstić information content (AvgIpc) is 2.85. The Morgan fingerprint density at radius 2 is 1.86 bits per heavy atom. The topological polar surface area (TPSA) is 58.6 Å². The zero-order valence-corrected chi connectivity index (χ0v) is 20.1. The van der Waals surface area contributed by atoms with Crippen LogP contribution in [0.2, 0.25) is 5.02 Å². The van der Waals surface area contributed by atoms with Crippen molar-refractivity contribution in [1.29, 1.82) is 0 Å². The van der Waals surface area contributed by atoms with Crippen molar-refractivity contribution < 1.29 is 18.3 Å². The van der Waals surface area contributed by atoms with Gasteiger partial charge in [0.1, 0.15) is 5.82 Å². The zero-order valence-electron chi connectivity index (χ0n) is 19.3. The normalized spacial score (nSPS) is 16.2. The van der Waals surface area contributed by atoms with Gasteiger partial charge in [0.15, 0.2) is 11.6 Å². The highest BCUT2D eigenvalue weighted by Crippen LogP contribution is 2.34. The fourth-order valence-corrected chi connectivity index (χ4v) is 4.66. The Morgan fingerprint density at radius 1 is 1.09 bits per heavy atom. The van der Waals surface area contributed by atoms with Gasteiger partial charge in [-0.25, -0.2) is 13.8 Å². The van der Waals surface area contributed by atoms with E-state index in [0.29, 0.717) is 41.0 Å². The van der Waals surface area contributed by atoms with Gasteiger partial charge in [-0.15, -0.1) is 0 Å². The van der Waals surface area contributed by atoms with Gasteiger partial charge in [-0.05, 0) is 43.0 Å². The molecule has 0 atom stereocenters. The summed E-state index contributed by atoms with van der Waals surface area (Å²) in [5.41, 5.74) is 1.77. The molecule has 0 spiro atoms. The molecule has 0 bridgehead atoms. The number of nitrogens with zero attached hydrogens (tertiary/aromatic N) is 4. The van der Waals surface area contributed by atoms with Crippen LogP contribution in [0.3, 0.4) is 0 Å². The summed E-state index contributed by atoms with van der Waals surface area (Å²) in [5, 5.41) is 0.374. The first-order valence-electron chi connectivity index (χ1n) is 11.7. The third-order valence-corrected chi connectivity index (χ3v) is 6.90. The number of aromatic nitrogens is 2. The van der Waals surface area contributed by atoms with E-state index in [0.717, 1.165) is 43.8 Å². The SMILES string of the molecule is CC1CCN(c2nc3c(c(Oc4ccc(F)cc4F)n2)CN(C(=O)c2ccccc2Cl)CC3)CC1. The van der Waals surface area contributed by atoms with Crippen LogP contribution < -0.4 is 9.64 Å². The van der Waals surface area contributed by atoms with Crippen LogP contribution >= 0.6 is 11.6 Å². The lowest BCUT2D eigenvalue weighted by Gasteiger charge is -2.33. The number of amides is 1. The van der Waals surface area contributed by atoms with Crippen LogP contribution in [0.4, 0.5) is 14.7 Å². The Balaban J connectivity index is 1.50. The Morgan fingerprint density at radius 3 is 2.60 bits per heavy atom. The van der Waals surface area contributed by atoms with Crippen molar-refractivity contribution in [2.45, 2.75) is 32.7 Å². The molecule has 35 heavy (non-hydrogen) atoms. The van der Waals surface area contributed by atoms with E-state index in [1.165, 1.54) is 6.07 Å². The van der Waals surface area contributed by atoms with Crippen molar-refractivity contribution >= 4 is 23.5 Å². The highest BCUT2D eigenvalue weighted by Gasteiger charge is 2.30. The highest BCUT2D eigenvalue weighted by atomic mass is 35.5. The summed E-state index contributed by atoms with van der Waals surface area (Å²) in [7, 11) is 0. The smallest absolute Gasteiger partial charge is 0.255 e. The standard InChI is InChI=1S/C26H25ClF2N4O2/c1-16-8-11-32(12-9-16)26-30-22-10-13-33(25(34)18-4-2-3-5-20(18)27)15-19(22)24(31-26)35-23-7-6-17(28)14-21(23)29/h2-7,14,16H,8-13,15H2,1H3. The molecular formula is C26H25ClF2N4O2. The molecule has 9 heteroatoms. The van der Waals surface area contributed by atoms with Crippen molar-refractivity contribution in [2.24, 2.45) is 5.92 Å². The number of hydrogen-bond acceptors (Lipinski definition) is 5. The first kappa shape index (κ1) is 23.5. The van der Waals surface area contributed by atoms with Gasteiger partial charge >= 0.3 is 0 Å². The summed E-state index contributed by atoms with van der Waals surface area (Å²) >= 11 is 6.25. The number of piperidine rings is 1. The van der Waals surface area contributed by atoms with Gasteiger partial charge < -0.3 is 14.5 Å². The van der Waals surface area contributed by atoms with Crippen molar-refractivity contribution in [2.75, 3.05) is 24.5 Å². The molecule has 2 aliphatic rings. The fourth-order valence-electron chi connectivity index (χ4n) is 4.45. The van der Waals surface area contributed by atoms with Gasteiger partial charge in [0.05, 0.1) is 28.4 Å². The molecule has 1 saturated heterocycles. The van der Waals surface area contributed by atoms with Gasteiger partial charge in [-0.1, -0.05) is 30.7 Å². The molecule has 5 rings (SSSR count). The molecule has 0 unspecified atom stereocenters. The largest absolute Gasteiger partial charge is 0.435 e. The van der Waals surface area contributed by atoms with Gasteiger partial charge in [-0.3, -0.25) is 4.79 Å². The van der Waals surface area contributed by atoms with Gasteiger partial charge in [-0.2, -0.15) is 4.98 Å². The summed E-state index contributed by atoms with van der Waals surface area (Å²) in [6, 6.07) is 10.0. The van der Waals surface area contributed by atoms with Gasteiger partial charge in [0.25, 0.3) is 5.91 Å². The van der Waals surface area contributed by atoms with Crippen LogP contribution in [0.5, 0.6) is 11.6 Å². The zero-order chi connectivity index (χ0) is 24.5. The van der Waals surface area contributed by atoms with Crippen LogP contribution in [-0.4, -0.2) is 40.4 Å². The Hall–Kier alpha value is -3.26.